The van der Waals surface area contributed by atoms with Gasteiger partial charge in [-0.2, -0.15) is 0 Å². The highest BCUT2D eigenvalue weighted by molar-refractivity contribution is 6.65. The molecule has 2 rings (SSSR count). The molecule has 0 aromatic heterocycles. The standard InChI is InChI=1S/C14H12ClNO2/c15-14(16-17)10-11-6-8-13(9-7-11)18-12-4-2-1-3-5-12/h1-9,17H,10H2/b16-14-. The molecule has 1 N–H and O–H groups in total. The van der Waals surface area contributed by atoms with Gasteiger partial charge < -0.3 is 9.94 Å². The lowest BCUT2D eigenvalue weighted by atomic mass is 10.1. The second-order valence-corrected chi connectivity index (χ2v) is 4.15. The molecule has 0 radical (unpaired) electrons. The Hall–Kier alpha value is -2.00. The Labute approximate surface area is 110 Å². The molecular formula is C14H12ClNO2. The molecule has 0 fully saturated rings. The molecule has 2 aromatic rings. The second-order valence-electron chi connectivity index (χ2n) is 3.71. The number of ether oxygens (including phenoxy) is 1. The summed E-state index contributed by atoms with van der Waals surface area (Å²) in [7, 11) is 0. The Balaban J connectivity index is 2.04. The van der Waals surface area contributed by atoms with Crippen molar-refractivity contribution >= 4 is 16.8 Å². The van der Waals surface area contributed by atoms with Crippen LogP contribution in [0.25, 0.3) is 0 Å². The minimum Gasteiger partial charge on any atom is -0.457 e. The van der Waals surface area contributed by atoms with E-state index in [1.165, 1.54) is 0 Å². The van der Waals surface area contributed by atoms with E-state index in [4.69, 9.17) is 21.5 Å². The van der Waals surface area contributed by atoms with E-state index in [1.54, 1.807) is 0 Å². The first kappa shape index (κ1) is 12.5. The quantitative estimate of drug-likeness (QED) is 0.513. The smallest absolute Gasteiger partial charge is 0.149 e. The van der Waals surface area contributed by atoms with Gasteiger partial charge in [-0.05, 0) is 29.8 Å². The summed E-state index contributed by atoms with van der Waals surface area (Å²) in [5, 5.41) is 11.6. The summed E-state index contributed by atoms with van der Waals surface area (Å²) in [6.45, 7) is 0. The summed E-state index contributed by atoms with van der Waals surface area (Å²) in [4.78, 5) is 0. The highest BCUT2D eigenvalue weighted by Gasteiger charge is 2.00. The Morgan fingerprint density at radius 3 is 2.22 bits per heavy atom. The van der Waals surface area contributed by atoms with Gasteiger partial charge in [0.25, 0.3) is 0 Å². The van der Waals surface area contributed by atoms with Crippen molar-refractivity contribution in [2.24, 2.45) is 5.16 Å². The molecule has 2 aromatic carbocycles. The second kappa shape index (κ2) is 6.07. The maximum absolute atomic E-state index is 8.48. The van der Waals surface area contributed by atoms with Crippen molar-refractivity contribution in [3.8, 4) is 11.5 Å². The number of hydrogen-bond donors (Lipinski definition) is 1. The van der Waals surface area contributed by atoms with Crippen LogP contribution in [0.4, 0.5) is 0 Å². The Bertz CT molecular complexity index is 523. The molecule has 3 nitrogen and oxygen atoms in total. The van der Waals surface area contributed by atoms with Crippen LogP contribution in [0.15, 0.2) is 59.8 Å². The first-order chi connectivity index (χ1) is 8.78. The van der Waals surface area contributed by atoms with Crippen LogP contribution in [0.2, 0.25) is 0 Å². The molecule has 0 spiro atoms. The van der Waals surface area contributed by atoms with Crippen molar-refractivity contribution in [2.75, 3.05) is 0 Å². The fourth-order valence-electron chi connectivity index (χ4n) is 1.50. The molecule has 0 aliphatic carbocycles. The largest absolute Gasteiger partial charge is 0.457 e. The van der Waals surface area contributed by atoms with Crippen molar-refractivity contribution in [1.29, 1.82) is 0 Å². The lowest BCUT2D eigenvalue weighted by Crippen LogP contribution is -1.94. The van der Waals surface area contributed by atoms with Crippen LogP contribution in [0.3, 0.4) is 0 Å². The highest BCUT2D eigenvalue weighted by atomic mass is 35.5. The van der Waals surface area contributed by atoms with Crippen LogP contribution in [-0.2, 0) is 6.42 Å². The first-order valence-corrected chi connectivity index (χ1v) is 5.84. The van der Waals surface area contributed by atoms with E-state index >= 15 is 0 Å². The maximum Gasteiger partial charge on any atom is 0.149 e. The zero-order valence-electron chi connectivity index (χ0n) is 9.58. The van der Waals surface area contributed by atoms with Gasteiger partial charge >= 0.3 is 0 Å². The fraction of sp³-hybridized carbons (Fsp3) is 0.0714. The predicted molar refractivity (Wildman–Crippen MR) is 71.7 cm³/mol. The first-order valence-electron chi connectivity index (χ1n) is 5.46. The molecule has 0 heterocycles. The number of para-hydroxylation sites is 1. The average Bonchev–Trinajstić information content (AvgIpc) is 2.42. The number of halogens is 1. The van der Waals surface area contributed by atoms with Gasteiger partial charge in [-0.15, -0.1) is 0 Å². The van der Waals surface area contributed by atoms with Gasteiger partial charge in [0.1, 0.15) is 16.7 Å². The van der Waals surface area contributed by atoms with Crippen molar-refractivity contribution in [1.82, 2.24) is 0 Å². The molecule has 4 heteroatoms. The van der Waals surface area contributed by atoms with Crippen LogP contribution in [-0.4, -0.2) is 10.4 Å². The van der Waals surface area contributed by atoms with Crippen molar-refractivity contribution in [3.63, 3.8) is 0 Å². The maximum atomic E-state index is 8.48. The molecule has 18 heavy (non-hydrogen) atoms. The number of oxime groups is 1. The number of hydrogen-bond acceptors (Lipinski definition) is 3. The van der Waals surface area contributed by atoms with Crippen LogP contribution in [0.1, 0.15) is 5.56 Å². The molecule has 0 aliphatic rings. The Kier molecular flexibility index (Phi) is 4.20. The molecule has 0 atom stereocenters. The van der Waals surface area contributed by atoms with Crippen LogP contribution in [0, 0.1) is 0 Å². The van der Waals surface area contributed by atoms with Crippen molar-refractivity contribution in [3.05, 3.63) is 60.2 Å². The van der Waals surface area contributed by atoms with E-state index in [2.05, 4.69) is 5.16 Å². The molecule has 0 aliphatic heterocycles. The molecule has 92 valence electrons. The summed E-state index contributed by atoms with van der Waals surface area (Å²) < 4.78 is 5.65. The van der Waals surface area contributed by atoms with E-state index in [9.17, 15) is 0 Å². The van der Waals surface area contributed by atoms with Crippen molar-refractivity contribution in [2.45, 2.75) is 6.42 Å². The molecule has 0 saturated carbocycles. The van der Waals surface area contributed by atoms with Gasteiger partial charge in [0.15, 0.2) is 0 Å². The van der Waals surface area contributed by atoms with Crippen LogP contribution < -0.4 is 4.74 Å². The Morgan fingerprint density at radius 1 is 1.00 bits per heavy atom. The third-order valence-corrected chi connectivity index (χ3v) is 2.57. The zero-order chi connectivity index (χ0) is 12.8. The Morgan fingerprint density at radius 2 is 1.61 bits per heavy atom. The molecule has 0 unspecified atom stereocenters. The summed E-state index contributed by atoms with van der Waals surface area (Å²) in [5.41, 5.74) is 0.957. The van der Waals surface area contributed by atoms with E-state index in [1.807, 2.05) is 54.6 Å². The predicted octanol–water partition coefficient (Wildman–Crippen LogP) is 4.05. The SMILES string of the molecule is O/N=C(\Cl)Cc1ccc(Oc2ccccc2)cc1. The fourth-order valence-corrected chi connectivity index (χ4v) is 1.66. The minimum absolute atomic E-state index is 0.159. The number of rotatable bonds is 4. The third kappa shape index (κ3) is 3.50. The van der Waals surface area contributed by atoms with Gasteiger partial charge in [0.2, 0.25) is 0 Å². The van der Waals surface area contributed by atoms with Gasteiger partial charge in [-0.3, -0.25) is 0 Å². The molecule has 0 bridgehead atoms. The van der Waals surface area contributed by atoms with Crippen LogP contribution in [0.5, 0.6) is 11.5 Å². The number of benzene rings is 2. The third-order valence-electron chi connectivity index (χ3n) is 2.36. The monoisotopic (exact) mass is 261 g/mol. The van der Waals surface area contributed by atoms with Gasteiger partial charge in [0.05, 0.1) is 0 Å². The van der Waals surface area contributed by atoms with E-state index < -0.39 is 0 Å². The van der Waals surface area contributed by atoms with Gasteiger partial charge in [0, 0.05) is 6.42 Å². The van der Waals surface area contributed by atoms with Gasteiger partial charge in [-0.25, -0.2) is 0 Å². The average molecular weight is 262 g/mol. The summed E-state index contributed by atoms with van der Waals surface area (Å²) in [6, 6.07) is 17.0. The van der Waals surface area contributed by atoms with E-state index in [0.717, 1.165) is 17.1 Å². The minimum atomic E-state index is 0.159. The van der Waals surface area contributed by atoms with E-state index in [0.29, 0.717) is 6.42 Å². The molecule has 0 amide bonds. The summed E-state index contributed by atoms with van der Waals surface area (Å²) >= 11 is 5.64. The van der Waals surface area contributed by atoms with Gasteiger partial charge in [-0.1, -0.05) is 47.1 Å². The lowest BCUT2D eigenvalue weighted by Gasteiger charge is -2.06. The number of nitrogens with zero attached hydrogens (tertiary/aromatic N) is 1. The summed E-state index contributed by atoms with van der Waals surface area (Å²) in [6.07, 6.45) is 0.406. The highest BCUT2D eigenvalue weighted by Crippen LogP contribution is 2.21. The van der Waals surface area contributed by atoms with Crippen LogP contribution >= 0.6 is 11.6 Å². The van der Waals surface area contributed by atoms with Crippen molar-refractivity contribution < 1.29 is 9.94 Å². The lowest BCUT2D eigenvalue weighted by molar-refractivity contribution is 0.319. The molecular weight excluding hydrogens is 250 g/mol. The molecule has 0 saturated heterocycles. The zero-order valence-corrected chi connectivity index (χ0v) is 10.3. The normalized spacial score (nSPS) is 11.3. The van der Waals surface area contributed by atoms with E-state index in [-0.39, 0.29) is 5.17 Å². The summed E-state index contributed by atoms with van der Waals surface area (Å²) in [5.74, 6) is 1.54. The topological polar surface area (TPSA) is 41.8 Å².